The van der Waals surface area contributed by atoms with Crippen molar-refractivity contribution in [2.75, 3.05) is 19.5 Å². The van der Waals surface area contributed by atoms with E-state index in [1.165, 1.54) is 0 Å². The maximum atomic E-state index is 12.1. The number of hydrogen-bond donors (Lipinski definition) is 1. The smallest absolute Gasteiger partial charge is 0.228 e. The molecular weight excluding hydrogens is 290 g/mol. The van der Waals surface area contributed by atoms with Crippen molar-refractivity contribution in [2.45, 2.75) is 6.42 Å². The van der Waals surface area contributed by atoms with Gasteiger partial charge < -0.3 is 14.8 Å². The number of carbonyl (C=O) groups is 1. The van der Waals surface area contributed by atoms with Crippen molar-refractivity contribution >= 4 is 23.2 Å². The highest BCUT2D eigenvalue weighted by Crippen LogP contribution is 2.26. The van der Waals surface area contributed by atoms with Crippen LogP contribution < -0.4 is 14.8 Å². The summed E-state index contributed by atoms with van der Waals surface area (Å²) in [5, 5.41) is 3.31. The Morgan fingerprint density at radius 3 is 2.48 bits per heavy atom. The van der Waals surface area contributed by atoms with Crippen LogP contribution in [0.4, 0.5) is 5.69 Å². The molecule has 0 aliphatic heterocycles. The number of halogens is 1. The van der Waals surface area contributed by atoms with Gasteiger partial charge in [-0.1, -0.05) is 29.8 Å². The lowest BCUT2D eigenvalue weighted by molar-refractivity contribution is -0.115. The fraction of sp³-hybridized carbons (Fsp3) is 0.188. The quantitative estimate of drug-likeness (QED) is 0.919. The molecule has 2 aromatic carbocycles. The predicted molar refractivity (Wildman–Crippen MR) is 83.3 cm³/mol. The number of carbonyl (C=O) groups excluding carboxylic acids is 1. The molecule has 0 aliphatic rings. The number of para-hydroxylation sites is 2. The molecule has 2 rings (SSSR count). The molecule has 2 aromatic rings. The minimum absolute atomic E-state index is 0.138. The van der Waals surface area contributed by atoms with Crippen LogP contribution in [0.25, 0.3) is 0 Å². The van der Waals surface area contributed by atoms with Crippen molar-refractivity contribution in [1.82, 2.24) is 0 Å². The average molecular weight is 306 g/mol. The molecule has 5 heteroatoms. The summed E-state index contributed by atoms with van der Waals surface area (Å²) in [6, 6.07) is 12.5. The molecular formula is C16H16ClNO3. The summed E-state index contributed by atoms with van der Waals surface area (Å²) in [4.78, 5) is 12.1. The highest BCUT2D eigenvalue weighted by atomic mass is 35.5. The third-order valence-corrected chi connectivity index (χ3v) is 3.26. The van der Waals surface area contributed by atoms with Crippen LogP contribution in [-0.4, -0.2) is 20.1 Å². The van der Waals surface area contributed by atoms with E-state index >= 15 is 0 Å². The van der Waals surface area contributed by atoms with Crippen LogP contribution in [-0.2, 0) is 11.2 Å². The Kier molecular flexibility index (Phi) is 5.06. The first-order chi connectivity index (χ1) is 10.1. The van der Waals surface area contributed by atoms with Crippen molar-refractivity contribution in [2.24, 2.45) is 0 Å². The molecule has 0 aromatic heterocycles. The zero-order chi connectivity index (χ0) is 15.2. The van der Waals surface area contributed by atoms with Crippen LogP contribution in [0.3, 0.4) is 0 Å². The van der Waals surface area contributed by atoms with Crippen LogP contribution in [0.5, 0.6) is 11.5 Å². The zero-order valence-corrected chi connectivity index (χ0v) is 12.6. The molecule has 0 unspecified atom stereocenters. The van der Waals surface area contributed by atoms with Crippen LogP contribution in [0.2, 0.25) is 5.02 Å². The highest BCUT2D eigenvalue weighted by molar-refractivity contribution is 6.32. The number of benzene rings is 2. The lowest BCUT2D eigenvalue weighted by Gasteiger charge is -2.10. The van der Waals surface area contributed by atoms with Crippen LogP contribution in [0.1, 0.15) is 5.56 Å². The Hall–Kier alpha value is -2.20. The van der Waals surface area contributed by atoms with Gasteiger partial charge in [-0.25, -0.2) is 0 Å². The van der Waals surface area contributed by atoms with E-state index in [2.05, 4.69) is 5.32 Å². The first-order valence-corrected chi connectivity index (χ1v) is 6.77. The number of nitrogens with one attached hydrogen (secondary N) is 1. The SMILES string of the molecule is COc1ccc(CC(=O)Nc2ccccc2OC)cc1Cl. The topological polar surface area (TPSA) is 47.6 Å². The van der Waals surface area contributed by atoms with Crippen molar-refractivity contribution in [3.05, 3.63) is 53.1 Å². The molecule has 110 valence electrons. The van der Waals surface area contributed by atoms with Gasteiger partial charge in [-0.2, -0.15) is 0 Å². The zero-order valence-electron chi connectivity index (χ0n) is 11.9. The molecule has 0 saturated carbocycles. The molecule has 0 aliphatic carbocycles. The average Bonchev–Trinajstić information content (AvgIpc) is 2.48. The third-order valence-electron chi connectivity index (χ3n) is 2.96. The number of ether oxygens (including phenoxy) is 2. The van der Waals surface area contributed by atoms with E-state index in [-0.39, 0.29) is 12.3 Å². The Labute approximate surface area is 128 Å². The Morgan fingerprint density at radius 1 is 1.10 bits per heavy atom. The van der Waals surface area contributed by atoms with Crippen molar-refractivity contribution in [3.63, 3.8) is 0 Å². The Balaban J connectivity index is 2.06. The normalized spacial score (nSPS) is 10.0. The second-order valence-corrected chi connectivity index (χ2v) is 4.80. The summed E-state index contributed by atoms with van der Waals surface area (Å²) in [7, 11) is 3.11. The number of rotatable bonds is 5. The maximum absolute atomic E-state index is 12.1. The lowest BCUT2D eigenvalue weighted by atomic mass is 10.1. The van der Waals surface area contributed by atoms with Crippen LogP contribution >= 0.6 is 11.6 Å². The van der Waals surface area contributed by atoms with Crippen LogP contribution in [0.15, 0.2) is 42.5 Å². The fourth-order valence-corrected chi connectivity index (χ4v) is 2.23. The van der Waals surface area contributed by atoms with E-state index in [1.807, 2.05) is 18.2 Å². The van der Waals surface area contributed by atoms with Crippen molar-refractivity contribution < 1.29 is 14.3 Å². The van der Waals surface area contributed by atoms with Crippen molar-refractivity contribution in [1.29, 1.82) is 0 Å². The second-order valence-electron chi connectivity index (χ2n) is 4.39. The molecule has 0 spiro atoms. The van der Waals surface area contributed by atoms with Gasteiger partial charge in [-0.15, -0.1) is 0 Å². The van der Waals surface area contributed by atoms with E-state index in [0.29, 0.717) is 22.2 Å². The number of methoxy groups -OCH3 is 2. The minimum atomic E-state index is -0.138. The number of anilines is 1. The highest BCUT2D eigenvalue weighted by Gasteiger charge is 2.09. The van der Waals surface area contributed by atoms with Gasteiger partial charge in [0, 0.05) is 0 Å². The molecule has 4 nitrogen and oxygen atoms in total. The van der Waals surface area contributed by atoms with Gasteiger partial charge in [-0.05, 0) is 29.8 Å². The molecule has 0 saturated heterocycles. The molecule has 1 amide bonds. The van der Waals surface area contributed by atoms with E-state index in [4.69, 9.17) is 21.1 Å². The summed E-state index contributed by atoms with van der Waals surface area (Å²) in [5.41, 5.74) is 1.46. The lowest BCUT2D eigenvalue weighted by Crippen LogP contribution is -2.15. The summed E-state index contributed by atoms with van der Waals surface area (Å²) in [5.74, 6) is 1.07. The molecule has 0 radical (unpaired) electrons. The monoisotopic (exact) mass is 305 g/mol. The maximum Gasteiger partial charge on any atom is 0.228 e. The molecule has 21 heavy (non-hydrogen) atoms. The number of amides is 1. The van der Waals surface area contributed by atoms with Gasteiger partial charge in [-0.3, -0.25) is 4.79 Å². The van der Waals surface area contributed by atoms with E-state index in [1.54, 1.807) is 38.5 Å². The van der Waals surface area contributed by atoms with Gasteiger partial charge in [0.2, 0.25) is 5.91 Å². The Morgan fingerprint density at radius 2 is 1.81 bits per heavy atom. The molecule has 0 bridgehead atoms. The van der Waals surface area contributed by atoms with Gasteiger partial charge >= 0.3 is 0 Å². The van der Waals surface area contributed by atoms with Gasteiger partial charge in [0.15, 0.2) is 0 Å². The van der Waals surface area contributed by atoms with Crippen molar-refractivity contribution in [3.8, 4) is 11.5 Å². The summed E-state index contributed by atoms with van der Waals surface area (Å²) in [6.07, 6.45) is 0.224. The summed E-state index contributed by atoms with van der Waals surface area (Å²) >= 11 is 6.04. The van der Waals surface area contributed by atoms with Gasteiger partial charge in [0.1, 0.15) is 11.5 Å². The van der Waals surface area contributed by atoms with E-state index in [0.717, 1.165) is 5.56 Å². The second kappa shape index (κ2) is 6.99. The van der Waals surface area contributed by atoms with Gasteiger partial charge in [0.05, 0.1) is 31.4 Å². The fourth-order valence-electron chi connectivity index (χ4n) is 1.95. The molecule has 1 N–H and O–H groups in total. The standard InChI is InChI=1S/C16H16ClNO3/c1-20-14-8-7-11(9-12(14)17)10-16(19)18-13-5-3-4-6-15(13)21-2/h3-9H,10H2,1-2H3,(H,18,19). The minimum Gasteiger partial charge on any atom is -0.495 e. The first kappa shape index (κ1) is 15.2. The van der Waals surface area contributed by atoms with E-state index in [9.17, 15) is 4.79 Å². The largest absolute Gasteiger partial charge is 0.495 e. The molecule has 0 heterocycles. The number of hydrogen-bond acceptors (Lipinski definition) is 3. The van der Waals surface area contributed by atoms with E-state index < -0.39 is 0 Å². The first-order valence-electron chi connectivity index (χ1n) is 6.39. The predicted octanol–water partition coefficient (Wildman–Crippen LogP) is 3.54. The van der Waals surface area contributed by atoms with Gasteiger partial charge in [0.25, 0.3) is 0 Å². The van der Waals surface area contributed by atoms with Crippen LogP contribution in [0, 0.1) is 0 Å². The Bertz CT molecular complexity index is 643. The molecule has 0 fully saturated rings. The molecule has 0 atom stereocenters. The summed E-state index contributed by atoms with van der Waals surface area (Å²) < 4.78 is 10.3. The summed E-state index contributed by atoms with van der Waals surface area (Å²) in [6.45, 7) is 0. The third kappa shape index (κ3) is 3.89.